The van der Waals surface area contributed by atoms with Gasteiger partial charge in [-0.1, -0.05) is 36.4 Å². The molecule has 3 heteroatoms. The van der Waals surface area contributed by atoms with Crippen LogP contribution in [0, 0.1) is 0 Å². The summed E-state index contributed by atoms with van der Waals surface area (Å²) in [4.78, 5) is 4.00. The van der Waals surface area contributed by atoms with Gasteiger partial charge in [-0.25, -0.2) is 0 Å². The molecule has 0 radical (unpaired) electrons. The van der Waals surface area contributed by atoms with Crippen molar-refractivity contribution in [3.05, 3.63) is 66.0 Å². The first-order valence-electron chi connectivity index (χ1n) is 6.13. The molecule has 0 fully saturated rings. The number of aliphatic hydroxyl groups is 1. The van der Waals surface area contributed by atoms with E-state index in [9.17, 15) is 5.11 Å². The monoisotopic (exact) mass is 242 g/mol. The second-order valence-electron chi connectivity index (χ2n) is 4.34. The molecule has 2 aromatic rings. The summed E-state index contributed by atoms with van der Waals surface area (Å²) in [6.07, 6.45) is 2.88. The molecule has 2 rings (SSSR count). The van der Waals surface area contributed by atoms with Gasteiger partial charge in [0.15, 0.2) is 0 Å². The van der Waals surface area contributed by atoms with Crippen molar-refractivity contribution in [1.82, 2.24) is 10.3 Å². The third-order valence-corrected chi connectivity index (χ3v) is 2.99. The molecular formula is C15H18N2O. The number of aromatic nitrogens is 1. The Labute approximate surface area is 108 Å². The molecule has 0 spiro atoms. The van der Waals surface area contributed by atoms with E-state index in [0.29, 0.717) is 6.54 Å². The molecule has 2 N–H and O–H groups in total. The van der Waals surface area contributed by atoms with Crippen LogP contribution in [0.25, 0.3) is 0 Å². The highest BCUT2D eigenvalue weighted by atomic mass is 16.3. The summed E-state index contributed by atoms with van der Waals surface area (Å²) in [5.41, 5.74) is 2.06. The van der Waals surface area contributed by atoms with E-state index in [2.05, 4.69) is 29.4 Å². The summed E-state index contributed by atoms with van der Waals surface area (Å²) in [6, 6.07) is 14.1. The highest BCUT2D eigenvalue weighted by Crippen LogP contribution is 2.14. The Balaban J connectivity index is 1.89. The lowest BCUT2D eigenvalue weighted by Crippen LogP contribution is -2.24. The van der Waals surface area contributed by atoms with E-state index in [4.69, 9.17) is 0 Å². The first kappa shape index (κ1) is 12.7. The molecule has 0 aliphatic heterocycles. The standard InChI is InChI=1S/C15H18N2O/c1-12(13-6-3-2-4-7-13)17-11-15(18)14-8-5-9-16-10-14/h2-10,12,15,17-18H,11H2,1H3. The SMILES string of the molecule is CC(NCC(O)c1cccnc1)c1ccccc1. The van der Waals surface area contributed by atoms with Gasteiger partial charge in [0.2, 0.25) is 0 Å². The van der Waals surface area contributed by atoms with E-state index in [1.165, 1.54) is 5.56 Å². The molecule has 2 unspecified atom stereocenters. The maximum absolute atomic E-state index is 10.0. The Hall–Kier alpha value is -1.71. The van der Waals surface area contributed by atoms with Gasteiger partial charge in [-0.2, -0.15) is 0 Å². The Morgan fingerprint density at radius 3 is 2.50 bits per heavy atom. The lowest BCUT2D eigenvalue weighted by molar-refractivity contribution is 0.170. The van der Waals surface area contributed by atoms with E-state index >= 15 is 0 Å². The van der Waals surface area contributed by atoms with Gasteiger partial charge in [-0.3, -0.25) is 4.98 Å². The predicted molar refractivity (Wildman–Crippen MR) is 72.1 cm³/mol. The van der Waals surface area contributed by atoms with Gasteiger partial charge in [-0.05, 0) is 18.6 Å². The molecule has 0 amide bonds. The summed E-state index contributed by atoms with van der Waals surface area (Å²) in [6.45, 7) is 2.60. The molecule has 0 saturated heterocycles. The lowest BCUT2D eigenvalue weighted by Gasteiger charge is -2.17. The van der Waals surface area contributed by atoms with Gasteiger partial charge in [0.05, 0.1) is 6.10 Å². The Kier molecular flexibility index (Phi) is 4.45. The Morgan fingerprint density at radius 2 is 1.83 bits per heavy atom. The number of benzene rings is 1. The fraction of sp³-hybridized carbons (Fsp3) is 0.267. The molecule has 0 aliphatic carbocycles. The third kappa shape index (κ3) is 3.39. The van der Waals surface area contributed by atoms with Crippen LogP contribution in [0.5, 0.6) is 0 Å². The Morgan fingerprint density at radius 1 is 1.11 bits per heavy atom. The van der Waals surface area contributed by atoms with Gasteiger partial charge in [0.1, 0.15) is 0 Å². The molecular weight excluding hydrogens is 224 g/mol. The highest BCUT2D eigenvalue weighted by Gasteiger charge is 2.10. The van der Waals surface area contributed by atoms with E-state index in [0.717, 1.165) is 5.56 Å². The minimum Gasteiger partial charge on any atom is -0.387 e. The highest BCUT2D eigenvalue weighted by molar-refractivity contribution is 5.18. The average molecular weight is 242 g/mol. The van der Waals surface area contributed by atoms with Gasteiger partial charge in [0.25, 0.3) is 0 Å². The third-order valence-electron chi connectivity index (χ3n) is 2.99. The quantitative estimate of drug-likeness (QED) is 0.846. The van der Waals surface area contributed by atoms with Crippen molar-refractivity contribution in [2.45, 2.75) is 19.1 Å². The molecule has 0 aliphatic rings. The van der Waals surface area contributed by atoms with Crippen LogP contribution in [-0.2, 0) is 0 Å². The number of nitrogens with zero attached hydrogens (tertiary/aromatic N) is 1. The van der Waals surface area contributed by atoms with Crippen LogP contribution in [0.3, 0.4) is 0 Å². The smallest absolute Gasteiger partial charge is 0.0929 e. The summed E-state index contributed by atoms with van der Waals surface area (Å²) >= 11 is 0. The van der Waals surface area contributed by atoms with Crippen LogP contribution in [0.15, 0.2) is 54.9 Å². The van der Waals surface area contributed by atoms with Gasteiger partial charge < -0.3 is 10.4 Å². The number of nitrogens with one attached hydrogen (secondary N) is 1. The van der Waals surface area contributed by atoms with Crippen molar-refractivity contribution in [2.75, 3.05) is 6.54 Å². The van der Waals surface area contributed by atoms with Crippen LogP contribution < -0.4 is 5.32 Å². The van der Waals surface area contributed by atoms with Crippen molar-refractivity contribution < 1.29 is 5.11 Å². The predicted octanol–water partition coefficient (Wildman–Crippen LogP) is 2.47. The topological polar surface area (TPSA) is 45.1 Å². The van der Waals surface area contributed by atoms with Crippen LogP contribution in [0.4, 0.5) is 0 Å². The van der Waals surface area contributed by atoms with Crippen molar-refractivity contribution in [3.63, 3.8) is 0 Å². The molecule has 18 heavy (non-hydrogen) atoms. The molecule has 94 valence electrons. The van der Waals surface area contributed by atoms with E-state index < -0.39 is 6.10 Å². The van der Waals surface area contributed by atoms with E-state index in [1.807, 2.05) is 30.3 Å². The molecule has 1 heterocycles. The Bertz CT molecular complexity index is 413. The second-order valence-corrected chi connectivity index (χ2v) is 4.34. The fourth-order valence-electron chi connectivity index (χ4n) is 1.84. The number of hydrogen-bond donors (Lipinski definition) is 2. The number of rotatable bonds is 5. The van der Waals surface area contributed by atoms with Crippen LogP contribution >= 0.6 is 0 Å². The average Bonchev–Trinajstić information content (AvgIpc) is 2.46. The summed E-state index contributed by atoms with van der Waals surface area (Å²) in [7, 11) is 0. The minimum atomic E-state index is -0.523. The molecule has 0 bridgehead atoms. The second kappa shape index (κ2) is 6.28. The van der Waals surface area contributed by atoms with Gasteiger partial charge >= 0.3 is 0 Å². The summed E-state index contributed by atoms with van der Waals surface area (Å²) in [5.74, 6) is 0. The summed E-state index contributed by atoms with van der Waals surface area (Å²) < 4.78 is 0. The van der Waals surface area contributed by atoms with Gasteiger partial charge in [-0.15, -0.1) is 0 Å². The van der Waals surface area contributed by atoms with Crippen molar-refractivity contribution >= 4 is 0 Å². The molecule has 1 aromatic heterocycles. The largest absolute Gasteiger partial charge is 0.387 e. The first-order chi connectivity index (χ1) is 8.77. The first-order valence-corrected chi connectivity index (χ1v) is 6.13. The van der Waals surface area contributed by atoms with E-state index in [-0.39, 0.29) is 6.04 Å². The summed E-state index contributed by atoms with van der Waals surface area (Å²) in [5, 5.41) is 13.3. The maximum Gasteiger partial charge on any atom is 0.0929 e. The van der Waals surface area contributed by atoms with Crippen molar-refractivity contribution in [3.8, 4) is 0 Å². The maximum atomic E-state index is 10.0. The molecule has 2 atom stereocenters. The van der Waals surface area contributed by atoms with Crippen LogP contribution in [0.1, 0.15) is 30.2 Å². The zero-order valence-electron chi connectivity index (χ0n) is 10.5. The molecule has 0 saturated carbocycles. The number of hydrogen-bond acceptors (Lipinski definition) is 3. The minimum absolute atomic E-state index is 0.220. The zero-order chi connectivity index (χ0) is 12.8. The molecule has 1 aromatic carbocycles. The fourth-order valence-corrected chi connectivity index (χ4v) is 1.84. The normalized spacial score (nSPS) is 14.1. The zero-order valence-corrected chi connectivity index (χ0v) is 10.5. The molecule has 3 nitrogen and oxygen atoms in total. The van der Waals surface area contributed by atoms with Crippen LogP contribution in [0.2, 0.25) is 0 Å². The van der Waals surface area contributed by atoms with Crippen molar-refractivity contribution in [2.24, 2.45) is 0 Å². The number of pyridine rings is 1. The van der Waals surface area contributed by atoms with Crippen LogP contribution in [-0.4, -0.2) is 16.6 Å². The number of aliphatic hydroxyl groups excluding tert-OH is 1. The lowest BCUT2D eigenvalue weighted by atomic mass is 10.1. The van der Waals surface area contributed by atoms with Crippen molar-refractivity contribution in [1.29, 1.82) is 0 Å². The van der Waals surface area contributed by atoms with Gasteiger partial charge in [0, 0.05) is 30.5 Å². The van der Waals surface area contributed by atoms with E-state index in [1.54, 1.807) is 12.4 Å².